The molecule has 0 spiro atoms. The minimum atomic E-state index is -1.06. The van der Waals surface area contributed by atoms with E-state index in [4.69, 9.17) is 15.3 Å². The summed E-state index contributed by atoms with van der Waals surface area (Å²) in [5.74, 6) is -0.503. The van der Waals surface area contributed by atoms with E-state index in [1.807, 2.05) is 20.8 Å². The Morgan fingerprint density at radius 1 is 1.54 bits per heavy atom. The van der Waals surface area contributed by atoms with Crippen molar-refractivity contribution >= 4 is 11.9 Å². The summed E-state index contributed by atoms with van der Waals surface area (Å²) < 4.78 is 5.14. The fourth-order valence-corrected chi connectivity index (χ4v) is 0.942. The lowest BCUT2D eigenvalue weighted by Crippen LogP contribution is -2.09. The van der Waals surface area contributed by atoms with Gasteiger partial charge >= 0.3 is 5.97 Å². The van der Waals surface area contributed by atoms with Crippen molar-refractivity contribution in [3.63, 3.8) is 0 Å². The van der Waals surface area contributed by atoms with E-state index in [-0.39, 0.29) is 16.9 Å². The highest BCUT2D eigenvalue weighted by Gasteiger charge is 2.23. The first-order valence-electron chi connectivity index (χ1n) is 3.95. The maximum Gasteiger partial charge on any atom is 0.341 e. The SMILES string of the molecule is CC(C)(C)c1cc(C(=O)O)c(N)o1. The number of carboxylic acid groups (broad SMARTS) is 1. The van der Waals surface area contributed by atoms with Gasteiger partial charge in [-0.3, -0.25) is 0 Å². The summed E-state index contributed by atoms with van der Waals surface area (Å²) in [5.41, 5.74) is 5.20. The van der Waals surface area contributed by atoms with Gasteiger partial charge in [0.2, 0.25) is 5.88 Å². The van der Waals surface area contributed by atoms with Crippen LogP contribution in [-0.2, 0) is 5.41 Å². The third kappa shape index (κ3) is 1.83. The Kier molecular flexibility index (Phi) is 2.07. The van der Waals surface area contributed by atoms with Crippen molar-refractivity contribution < 1.29 is 14.3 Å². The molecule has 0 radical (unpaired) electrons. The number of furan rings is 1. The summed E-state index contributed by atoms with van der Waals surface area (Å²) >= 11 is 0. The van der Waals surface area contributed by atoms with Crippen molar-refractivity contribution in [3.8, 4) is 0 Å². The van der Waals surface area contributed by atoms with Crippen LogP contribution in [-0.4, -0.2) is 11.1 Å². The Morgan fingerprint density at radius 2 is 2.08 bits per heavy atom. The highest BCUT2D eigenvalue weighted by Crippen LogP contribution is 2.28. The molecular weight excluding hydrogens is 170 g/mol. The van der Waals surface area contributed by atoms with E-state index in [9.17, 15) is 4.79 Å². The molecule has 72 valence electrons. The Balaban J connectivity index is 3.17. The maximum absolute atomic E-state index is 10.6. The average Bonchev–Trinajstić information content (AvgIpc) is 2.29. The molecule has 13 heavy (non-hydrogen) atoms. The smallest absolute Gasteiger partial charge is 0.341 e. The molecule has 3 N–H and O–H groups in total. The number of hydrogen-bond acceptors (Lipinski definition) is 3. The van der Waals surface area contributed by atoms with Crippen molar-refractivity contribution in [1.82, 2.24) is 0 Å². The predicted molar refractivity (Wildman–Crippen MR) is 48.8 cm³/mol. The molecule has 0 aliphatic heterocycles. The average molecular weight is 183 g/mol. The molecule has 0 aliphatic rings. The molecule has 0 aliphatic carbocycles. The van der Waals surface area contributed by atoms with Crippen LogP contribution in [0.5, 0.6) is 0 Å². The molecule has 4 heteroatoms. The largest absolute Gasteiger partial charge is 0.477 e. The van der Waals surface area contributed by atoms with Crippen LogP contribution >= 0.6 is 0 Å². The summed E-state index contributed by atoms with van der Waals surface area (Å²) in [6.07, 6.45) is 0. The standard InChI is InChI=1S/C9H13NO3/c1-9(2,3)6-4-5(8(11)12)7(10)13-6/h4H,10H2,1-3H3,(H,11,12). The third-order valence-corrected chi connectivity index (χ3v) is 1.73. The summed E-state index contributed by atoms with van der Waals surface area (Å²) in [6.45, 7) is 5.78. The van der Waals surface area contributed by atoms with Gasteiger partial charge in [0.25, 0.3) is 0 Å². The van der Waals surface area contributed by atoms with E-state index in [2.05, 4.69) is 0 Å². The van der Waals surface area contributed by atoms with E-state index in [0.717, 1.165) is 0 Å². The van der Waals surface area contributed by atoms with Gasteiger partial charge in [-0.05, 0) is 6.07 Å². The van der Waals surface area contributed by atoms with Crippen molar-refractivity contribution in [2.45, 2.75) is 26.2 Å². The lowest BCUT2D eigenvalue weighted by Gasteiger charge is -2.13. The van der Waals surface area contributed by atoms with Crippen molar-refractivity contribution in [2.24, 2.45) is 0 Å². The topological polar surface area (TPSA) is 76.5 Å². The lowest BCUT2D eigenvalue weighted by molar-refractivity contribution is 0.0697. The van der Waals surface area contributed by atoms with E-state index in [1.165, 1.54) is 6.07 Å². The van der Waals surface area contributed by atoms with Crippen LogP contribution < -0.4 is 5.73 Å². The van der Waals surface area contributed by atoms with E-state index >= 15 is 0 Å². The molecule has 0 aromatic carbocycles. The summed E-state index contributed by atoms with van der Waals surface area (Å²) in [7, 11) is 0. The zero-order valence-electron chi connectivity index (χ0n) is 7.92. The van der Waals surface area contributed by atoms with Gasteiger partial charge in [-0.1, -0.05) is 20.8 Å². The first-order chi connectivity index (χ1) is 5.82. The second-order valence-corrected chi connectivity index (χ2v) is 3.94. The van der Waals surface area contributed by atoms with Gasteiger partial charge < -0.3 is 15.3 Å². The molecule has 1 heterocycles. The monoisotopic (exact) mass is 183 g/mol. The van der Waals surface area contributed by atoms with Gasteiger partial charge in [-0.25, -0.2) is 4.79 Å². The van der Waals surface area contributed by atoms with Crippen LogP contribution in [0, 0.1) is 0 Å². The minimum absolute atomic E-state index is 0.0302. The number of aromatic carboxylic acids is 1. The maximum atomic E-state index is 10.6. The Labute approximate surface area is 76.3 Å². The van der Waals surface area contributed by atoms with E-state index < -0.39 is 5.97 Å². The molecule has 0 bridgehead atoms. The molecule has 0 atom stereocenters. The molecule has 1 aromatic rings. The van der Waals surface area contributed by atoms with Crippen LogP contribution in [0.3, 0.4) is 0 Å². The van der Waals surface area contributed by atoms with Crippen LogP contribution in [0.15, 0.2) is 10.5 Å². The quantitative estimate of drug-likeness (QED) is 0.696. The van der Waals surface area contributed by atoms with Gasteiger partial charge in [0.1, 0.15) is 11.3 Å². The number of carbonyl (C=O) groups is 1. The molecular formula is C9H13NO3. The predicted octanol–water partition coefficient (Wildman–Crippen LogP) is 1.86. The highest BCUT2D eigenvalue weighted by atomic mass is 16.4. The zero-order valence-corrected chi connectivity index (χ0v) is 7.92. The van der Waals surface area contributed by atoms with Crippen LogP contribution in [0.4, 0.5) is 5.88 Å². The van der Waals surface area contributed by atoms with Crippen molar-refractivity contribution in [2.75, 3.05) is 5.73 Å². The number of nitrogens with two attached hydrogens (primary N) is 1. The molecule has 0 fully saturated rings. The normalized spacial score (nSPS) is 11.6. The summed E-state index contributed by atoms with van der Waals surface area (Å²) in [6, 6.07) is 1.47. The molecule has 0 saturated carbocycles. The summed E-state index contributed by atoms with van der Waals surface area (Å²) in [4.78, 5) is 10.6. The zero-order chi connectivity index (χ0) is 10.2. The number of rotatable bonds is 1. The second kappa shape index (κ2) is 2.80. The molecule has 1 aromatic heterocycles. The third-order valence-electron chi connectivity index (χ3n) is 1.73. The fourth-order valence-electron chi connectivity index (χ4n) is 0.942. The molecule has 0 amide bonds. The lowest BCUT2D eigenvalue weighted by atomic mass is 9.93. The van der Waals surface area contributed by atoms with Crippen molar-refractivity contribution in [3.05, 3.63) is 17.4 Å². The Hall–Kier alpha value is -1.45. The van der Waals surface area contributed by atoms with Crippen molar-refractivity contribution in [1.29, 1.82) is 0 Å². The van der Waals surface area contributed by atoms with Gasteiger partial charge in [-0.2, -0.15) is 0 Å². The second-order valence-electron chi connectivity index (χ2n) is 3.94. The van der Waals surface area contributed by atoms with Crippen LogP contribution in [0.25, 0.3) is 0 Å². The number of hydrogen-bond donors (Lipinski definition) is 2. The van der Waals surface area contributed by atoms with Crippen LogP contribution in [0.2, 0.25) is 0 Å². The Bertz CT molecular complexity index is 333. The highest BCUT2D eigenvalue weighted by molar-refractivity contribution is 5.92. The summed E-state index contributed by atoms with van der Waals surface area (Å²) in [5, 5.41) is 8.70. The van der Waals surface area contributed by atoms with E-state index in [0.29, 0.717) is 5.76 Å². The molecule has 0 saturated heterocycles. The first-order valence-corrected chi connectivity index (χ1v) is 3.95. The number of nitrogen functional groups attached to an aromatic ring is 1. The number of anilines is 1. The van der Waals surface area contributed by atoms with Gasteiger partial charge in [0.15, 0.2) is 0 Å². The molecule has 4 nitrogen and oxygen atoms in total. The van der Waals surface area contributed by atoms with Crippen LogP contribution in [0.1, 0.15) is 36.9 Å². The first kappa shape index (κ1) is 9.64. The molecule has 0 unspecified atom stereocenters. The van der Waals surface area contributed by atoms with Gasteiger partial charge in [0.05, 0.1) is 0 Å². The van der Waals surface area contributed by atoms with Gasteiger partial charge in [0, 0.05) is 5.41 Å². The minimum Gasteiger partial charge on any atom is -0.477 e. The molecule has 1 rings (SSSR count). The van der Waals surface area contributed by atoms with Gasteiger partial charge in [-0.15, -0.1) is 0 Å². The Morgan fingerprint density at radius 3 is 2.31 bits per heavy atom. The number of carboxylic acids is 1. The van der Waals surface area contributed by atoms with E-state index in [1.54, 1.807) is 0 Å². The fraction of sp³-hybridized carbons (Fsp3) is 0.444.